The summed E-state index contributed by atoms with van der Waals surface area (Å²) in [6.45, 7) is 2.30. The van der Waals surface area contributed by atoms with Crippen molar-refractivity contribution in [2.24, 2.45) is 0 Å². The van der Waals surface area contributed by atoms with E-state index < -0.39 is 6.16 Å². The van der Waals surface area contributed by atoms with Gasteiger partial charge in [0.25, 0.3) is 0 Å². The van der Waals surface area contributed by atoms with Crippen molar-refractivity contribution in [3.05, 3.63) is 0 Å². The Morgan fingerprint density at radius 1 is 1.78 bits per heavy atom. The molecule has 52 valence electrons. The Labute approximate surface area is 73.5 Å². The maximum Gasteiger partial charge on any atom is 2.00 e. The largest absolute Gasteiger partial charge is 2.00 e. The van der Waals surface area contributed by atoms with Crippen LogP contribution in [0.1, 0.15) is 22.6 Å². The van der Waals surface area contributed by atoms with Gasteiger partial charge in [0.15, 0.2) is 0 Å². The van der Waals surface area contributed by atoms with Crippen LogP contribution in [-0.2, 0) is 4.74 Å². The fourth-order valence-corrected chi connectivity index (χ4v) is 0.304. The van der Waals surface area contributed by atoms with E-state index in [1.54, 1.807) is 0 Å². The number of rotatable bonds is 3. The maximum absolute atomic E-state index is 9.65. The average Bonchev–Trinajstić information content (AvgIpc) is 1.66. The summed E-state index contributed by atoms with van der Waals surface area (Å²) in [6, 6.07) is 0. The summed E-state index contributed by atoms with van der Waals surface area (Å²) in [4.78, 5) is 9.65. The molecule has 0 aliphatic heterocycles. The van der Waals surface area contributed by atoms with Gasteiger partial charge >= 0.3 is 29.2 Å². The molecule has 0 heterocycles. The molecule has 0 amide bonds. The quantitative estimate of drug-likeness (QED) is 0.369. The molecule has 0 bridgehead atoms. The maximum atomic E-state index is 9.65. The first-order valence-corrected chi connectivity index (χ1v) is 2.63. The van der Waals surface area contributed by atoms with Crippen molar-refractivity contribution >= 4 is 29.2 Å². The summed E-state index contributed by atoms with van der Waals surface area (Å²) in [5, 5.41) is 7.92. The second kappa shape index (κ2) is 8.04. The Morgan fingerprint density at radius 3 is 2.67 bits per heavy atom. The van der Waals surface area contributed by atoms with Gasteiger partial charge in [0.05, 0.1) is 6.61 Å². The van der Waals surface area contributed by atoms with Gasteiger partial charge in [-0.15, -0.1) is 0 Å². The number of carbonyl (C=O) groups is 1. The minimum absolute atomic E-state index is 0. The molecule has 0 aromatic rings. The van der Waals surface area contributed by atoms with Gasteiger partial charge in [0.2, 0.25) is 0 Å². The molecule has 0 fully saturated rings. The molecule has 0 unspecified atom stereocenters. The first-order chi connectivity index (χ1) is 3.77. The van der Waals surface area contributed by atoms with E-state index in [-0.39, 0.29) is 25.9 Å². The number of hydrogen-bond donors (Lipinski definition) is 1. The minimum Gasteiger partial charge on any atom is -1.00 e. The van der Waals surface area contributed by atoms with E-state index in [4.69, 9.17) is 5.11 Å². The Kier molecular flexibility index (Phi) is 10.5. The molecular weight excluding hydrogens is 132 g/mol. The molecule has 1 N–H and O–H groups in total. The second-order valence-electron chi connectivity index (χ2n) is 1.47. The molecule has 9 heavy (non-hydrogen) atoms. The zero-order valence-corrected chi connectivity index (χ0v) is 7.01. The van der Waals surface area contributed by atoms with Crippen LogP contribution in [0.15, 0.2) is 0 Å². The molecule has 0 aromatic heterocycles. The second-order valence-corrected chi connectivity index (χ2v) is 1.47. The predicted molar refractivity (Wildman–Crippen MR) is 36.9 cm³/mol. The summed E-state index contributed by atoms with van der Waals surface area (Å²) < 4.78 is 4.20. The molecule has 0 aliphatic carbocycles. The zero-order valence-electron chi connectivity index (χ0n) is 7.59. The van der Waals surface area contributed by atoms with Gasteiger partial charge in [-0.2, -0.15) is 0 Å². The van der Waals surface area contributed by atoms with Crippen molar-refractivity contribution in [1.82, 2.24) is 0 Å². The van der Waals surface area contributed by atoms with Crippen LogP contribution in [0.3, 0.4) is 0 Å². The van der Waals surface area contributed by atoms with Crippen LogP contribution in [0.2, 0.25) is 0 Å². The number of unbranched alkanes of at least 4 members (excludes halogenated alkanes) is 1. The van der Waals surface area contributed by atoms with Gasteiger partial charge in [0, 0.05) is 0 Å². The van der Waals surface area contributed by atoms with Crippen LogP contribution >= 0.6 is 0 Å². The molecular formula is C5H12MgO3. The molecule has 3 nitrogen and oxygen atoms in total. The average molecular weight is 144 g/mol. The van der Waals surface area contributed by atoms with Gasteiger partial charge in [-0.1, -0.05) is 13.3 Å². The van der Waals surface area contributed by atoms with E-state index >= 15 is 0 Å². The Balaban J connectivity index is -0.0000000817. The predicted octanol–water partition coefficient (Wildman–Crippen LogP) is 1.33. The number of hydrogen-bond acceptors (Lipinski definition) is 2. The van der Waals surface area contributed by atoms with Crippen LogP contribution < -0.4 is 0 Å². The normalized spacial score (nSPS) is 7.67. The number of carboxylic acid groups (broad SMARTS) is 1. The fraction of sp³-hybridized carbons (Fsp3) is 0.800. The summed E-state index contributed by atoms with van der Waals surface area (Å²) in [7, 11) is 0. The third-order valence-electron chi connectivity index (χ3n) is 0.723. The summed E-state index contributed by atoms with van der Waals surface area (Å²) in [6.07, 6.45) is 0.595. The van der Waals surface area contributed by atoms with Crippen LogP contribution in [0.25, 0.3) is 0 Å². The molecule has 0 radical (unpaired) electrons. The van der Waals surface area contributed by atoms with Gasteiger partial charge in [0.1, 0.15) is 0 Å². The van der Waals surface area contributed by atoms with Crippen molar-refractivity contribution < 1.29 is 17.5 Å². The minimum atomic E-state index is -1.18. The van der Waals surface area contributed by atoms with Crippen molar-refractivity contribution in [2.75, 3.05) is 6.61 Å². The van der Waals surface area contributed by atoms with E-state index in [0.717, 1.165) is 12.8 Å². The summed E-state index contributed by atoms with van der Waals surface area (Å²) in [5.74, 6) is 0. The van der Waals surface area contributed by atoms with Gasteiger partial charge < -0.3 is 12.7 Å². The van der Waals surface area contributed by atoms with Gasteiger partial charge in [-0.25, -0.2) is 4.79 Å². The first kappa shape index (κ1) is 11.8. The van der Waals surface area contributed by atoms with E-state index in [0.29, 0.717) is 6.61 Å². The van der Waals surface area contributed by atoms with Crippen molar-refractivity contribution in [2.45, 2.75) is 19.8 Å². The SMILES string of the molecule is CCCCOC(=O)O.[H-].[H-].[Mg+2]. The van der Waals surface area contributed by atoms with Crippen molar-refractivity contribution in [3.8, 4) is 0 Å². The summed E-state index contributed by atoms with van der Waals surface area (Å²) >= 11 is 0. The monoisotopic (exact) mass is 144 g/mol. The Hall–Kier alpha value is 0.0362. The van der Waals surface area contributed by atoms with Crippen LogP contribution in [0.4, 0.5) is 4.79 Å². The van der Waals surface area contributed by atoms with E-state index in [1.807, 2.05) is 6.92 Å². The van der Waals surface area contributed by atoms with Crippen LogP contribution in [-0.4, -0.2) is 40.9 Å². The van der Waals surface area contributed by atoms with E-state index in [1.165, 1.54) is 0 Å². The molecule has 0 aliphatic rings. The Bertz CT molecular complexity index is 82.1. The Morgan fingerprint density at radius 2 is 2.33 bits per heavy atom. The molecule has 0 spiro atoms. The standard InChI is InChI=1S/C5H10O3.Mg.2H/c1-2-3-4-8-5(6)7;;;/h2-4H2,1H3,(H,6,7);;;/q;+2;2*-1. The molecule has 0 saturated heterocycles. The van der Waals surface area contributed by atoms with Crippen molar-refractivity contribution in [3.63, 3.8) is 0 Å². The number of ether oxygens (including phenoxy) is 1. The smallest absolute Gasteiger partial charge is 1.00 e. The van der Waals surface area contributed by atoms with Crippen LogP contribution in [0.5, 0.6) is 0 Å². The summed E-state index contributed by atoms with van der Waals surface area (Å²) in [5.41, 5.74) is 0. The third-order valence-corrected chi connectivity index (χ3v) is 0.723. The zero-order chi connectivity index (χ0) is 6.41. The molecule has 0 atom stereocenters. The van der Waals surface area contributed by atoms with Gasteiger partial charge in [-0.05, 0) is 6.42 Å². The topological polar surface area (TPSA) is 46.5 Å². The molecule has 0 saturated carbocycles. The van der Waals surface area contributed by atoms with Gasteiger partial charge in [-0.3, -0.25) is 0 Å². The van der Waals surface area contributed by atoms with Crippen molar-refractivity contribution in [1.29, 1.82) is 0 Å². The molecule has 0 rings (SSSR count). The fourth-order valence-electron chi connectivity index (χ4n) is 0.304. The first-order valence-electron chi connectivity index (χ1n) is 2.63. The van der Waals surface area contributed by atoms with E-state index in [2.05, 4.69) is 4.74 Å². The third kappa shape index (κ3) is 11.5. The molecule has 0 aromatic carbocycles. The molecule has 4 heteroatoms. The van der Waals surface area contributed by atoms with E-state index in [9.17, 15) is 4.79 Å². The van der Waals surface area contributed by atoms with Crippen LogP contribution in [0, 0.1) is 0 Å².